The van der Waals surface area contributed by atoms with Gasteiger partial charge in [-0.25, -0.2) is 0 Å². The number of fused-ring (bicyclic) bond motifs is 1. The van der Waals surface area contributed by atoms with Crippen LogP contribution in [0.5, 0.6) is 0 Å². The van der Waals surface area contributed by atoms with Crippen molar-refractivity contribution in [1.82, 2.24) is 4.90 Å². The summed E-state index contributed by atoms with van der Waals surface area (Å²) in [5.41, 5.74) is 0. The molecule has 3 heteroatoms. The minimum absolute atomic E-state index is 0.328. The quantitative estimate of drug-likeness (QED) is 0.458. The highest BCUT2D eigenvalue weighted by atomic mass is 32.2. The van der Waals surface area contributed by atoms with Crippen LogP contribution in [0.25, 0.3) is 0 Å². The standard InChI is InChI=1S/C8H11NOS/c1-2-3-6-5-9-7(10)4-8(9)11-6/h2,6,8H,1,3-5H2/t6?,8-/m1/s1. The molecule has 0 spiro atoms. The molecular weight excluding hydrogens is 158 g/mol. The van der Waals surface area contributed by atoms with E-state index >= 15 is 0 Å². The molecule has 2 nitrogen and oxygen atoms in total. The normalized spacial score (nSPS) is 34.9. The lowest BCUT2D eigenvalue weighted by molar-refractivity contribution is -0.140. The number of rotatable bonds is 2. The van der Waals surface area contributed by atoms with E-state index in [0.717, 1.165) is 19.4 Å². The maximum absolute atomic E-state index is 10.9. The summed E-state index contributed by atoms with van der Waals surface area (Å²) in [6.07, 6.45) is 3.73. The summed E-state index contributed by atoms with van der Waals surface area (Å²) in [5, 5.41) is 1.12. The first-order valence-electron chi connectivity index (χ1n) is 3.87. The van der Waals surface area contributed by atoms with Crippen LogP contribution in [0.1, 0.15) is 12.8 Å². The summed E-state index contributed by atoms with van der Waals surface area (Å²) in [6.45, 7) is 4.64. The van der Waals surface area contributed by atoms with Gasteiger partial charge in [0.05, 0.1) is 11.8 Å². The van der Waals surface area contributed by atoms with Crippen LogP contribution in [0.4, 0.5) is 0 Å². The molecule has 2 rings (SSSR count). The zero-order chi connectivity index (χ0) is 7.84. The number of amides is 1. The molecule has 0 bridgehead atoms. The Labute approximate surface area is 70.6 Å². The van der Waals surface area contributed by atoms with Crippen molar-refractivity contribution < 1.29 is 4.79 Å². The molecule has 0 saturated carbocycles. The molecule has 2 fully saturated rings. The molecule has 1 amide bonds. The highest BCUT2D eigenvalue weighted by Gasteiger charge is 2.43. The van der Waals surface area contributed by atoms with Crippen LogP contribution in [0.3, 0.4) is 0 Å². The van der Waals surface area contributed by atoms with Crippen molar-refractivity contribution in [2.45, 2.75) is 23.5 Å². The first kappa shape index (κ1) is 7.22. The fraction of sp³-hybridized carbons (Fsp3) is 0.625. The van der Waals surface area contributed by atoms with Crippen molar-refractivity contribution in [3.8, 4) is 0 Å². The molecule has 2 heterocycles. The molecule has 2 aliphatic rings. The Kier molecular flexibility index (Phi) is 1.68. The summed E-state index contributed by atoms with van der Waals surface area (Å²) in [7, 11) is 0. The van der Waals surface area contributed by atoms with Crippen molar-refractivity contribution >= 4 is 17.7 Å². The van der Waals surface area contributed by atoms with Gasteiger partial charge in [-0.2, -0.15) is 0 Å². The van der Waals surface area contributed by atoms with E-state index in [0.29, 0.717) is 16.5 Å². The Balaban J connectivity index is 1.93. The van der Waals surface area contributed by atoms with E-state index in [9.17, 15) is 4.79 Å². The fourth-order valence-corrected chi connectivity index (χ4v) is 3.09. The predicted octanol–water partition coefficient (Wildman–Crippen LogP) is 1.24. The topological polar surface area (TPSA) is 20.3 Å². The molecule has 0 aliphatic carbocycles. The summed E-state index contributed by atoms with van der Waals surface area (Å²) in [4.78, 5) is 12.9. The summed E-state index contributed by atoms with van der Waals surface area (Å²) < 4.78 is 0. The van der Waals surface area contributed by atoms with Crippen LogP contribution in [0, 0.1) is 0 Å². The number of nitrogens with zero attached hydrogens (tertiary/aromatic N) is 1. The van der Waals surface area contributed by atoms with Gasteiger partial charge in [-0.1, -0.05) is 6.08 Å². The number of hydrogen-bond donors (Lipinski definition) is 0. The molecule has 11 heavy (non-hydrogen) atoms. The van der Waals surface area contributed by atoms with E-state index in [1.807, 2.05) is 22.7 Å². The average molecular weight is 169 g/mol. The van der Waals surface area contributed by atoms with Gasteiger partial charge in [0, 0.05) is 11.8 Å². The zero-order valence-corrected chi connectivity index (χ0v) is 7.14. The van der Waals surface area contributed by atoms with Gasteiger partial charge < -0.3 is 4.90 Å². The molecule has 2 aliphatic heterocycles. The SMILES string of the molecule is C=CCC1CN2C(=O)C[C@H]2S1. The molecule has 1 unspecified atom stereocenters. The zero-order valence-electron chi connectivity index (χ0n) is 6.32. The van der Waals surface area contributed by atoms with Gasteiger partial charge in [0.1, 0.15) is 0 Å². The van der Waals surface area contributed by atoms with E-state index in [4.69, 9.17) is 0 Å². The molecule has 2 saturated heterocycles. The summed E-state index contributed by atoms with van der Waals surface area (Å²) in [5.74, 6) is 0.328. The summed E-state index contributed by atoms with van der Waals surface area (Å²) >= 11 is 1.92. The molecular formula is C8H11NOS. The van der Waals surface area contributed by atoms with Crippen molar-refractivity contribution in [3.05, 3.63) is 12.7 Å². The molecule has 0 aromatic carbocycles. The monoisotopic (exact) mass is 169 g/mol. The lowest BCUT2D eigenvalue weighted by Crippen LogP contribution is -2.47. The highest BCUT2D eigenvalue weighted by molar-refractivity contribution is 8.00. The lowest BCUT2D eigenvalue weighted by atomic mass is 10.2. The second-order valence-corrected chi connectivity index (χ2v) is 4.47. The van der Waals surface area contributed by atoms with Gasteiger partial charge in [0.15, 0.2) is 0 Å². The molecule has 0 aromatic heterocycles. The van der Waals surface area contributed by atoms with E-state index in [2.05, 4.69) is 6.58 Å². The van der Waals surface area contributed by atoms with E-state index in [1.165, 1.54) is 0 Å². The molecule has 0 aromatic rings. The van der Waals surface area contributed by atoms with Crippen LogP contribution in [-0.2, 0) is 4.79 Å². The number of hydrogen-bond acceptors (Lipinski definition) is 2. The van der Waals surface area contributed by atoms with Gasteiger partial charge in [0.2, 0.25) is 5.91 Å². The van der Waals surface area contributed by atoms with Crippen molar-refractivity contribution in [2.24, 2.45) is 0 Å². The van der Waals surface area contributed by atoms with Gasteiger partial charge in [-0.3, -0.25) is 4.79 Å². The number of thioether (sulfide) groups is 1. The molecule has 0 N–H and O–H groups in total. The minimum atomic E-state index is 0.328. The summed E-state index contributed by atoms with van der Waals surface area (Å²) in [6, 6.07) is 0. The van der Waals surface area contributed by atoms with Crippen LogP contribution >= 0.6 is 11.8 Å². The number of allylic oxidation sites excluding steroid dienone is 1. The maximum Gasteiger partial charge on any atom is 0.226 e. The van der Waals surface area contributed by atoms with Crippen molar-refractivity contribution in [3.63, 3.8) is 0 Å². The van der Waals surface area contributed by atoms with Gasteiger partial charge in [0.25, 0.3) is 0 Å². The number of carbonyl (C=O) groups is 1. The average Bonchev–Trinajstić information content (AvgIpc) is 2.29. The van der Waals surface area contributed by atoms with Gasteiger partial charge in [-0.05, 0) is 6.42 Å². The Morgan fingerprint density at radius 3 is 3.18 bits per heavy atom. The van der Waals surface area contributed by atoms with Gasteiger partial charge >= 0.3 is 0 Å². The van der Waals surface area contributed by atoms with Crippen LogP contribution in [0.15, 0.2) is 12.7 Å². The van der Waals surface area contributed by atoms with E-state index in [1.54, 1.807) is 0 Å². The Hall–Kier alpha value is -0.440. The Bertz CT molecular complexity index is 204. The largest absolute Gasteiger partial charge is 0.329 e. The first-order chi connectivity index (χ1) is 5.31. The Morgan fingerprint density at radius 2 is 2.64 bits per heavy atom. The number of β-lactam (4-membered cyclic amide) rings is 1. The lowest BCUT2D eigenvalue weighted by Gasteiger charge is -2.32. The van der Waals surface area contributed by atoms with Gasteiger partial charge in [-0.15, -0.1) is 18.3 Å². The van der Waals surface area contributed by atoms with Crippen LogP contribution < -0.4 is 0 Å². The van der Waals surface area contributed by atoms with E-state index < -0.39 is 0 Å². The third-order valence-corrected chi connectivity index (χ3v) is 3.66. The number of carbonyl (C=O) groups excluding carboxylic acids is 1. The second-order valence-electron chi connectivity index (χ2n) is 2.99. The molecule has 2 atom stereocenters. The smallest absolute Gasteiger partial charge is 0.226 e. The fourth-order valence-electron chi connectivity index (χ4n) is 1.57. The minimum Gasteiger partial charge on any atom is -0.329 e. The first-order valence-corrected chi connectivity index (χ1v) is 4.81. The van der Waals surface area contributed by atoms with Crippen LogP contribution in [-0.4, -0.2) is 28.0 Å². The molecule has 0 radical (unpaired) electrons. The second kappa shape index (κ2) is 2.55. The third-order valence-electron chi connectivity index (χ3n) is 2.20. The van der Waals surface area contributed by atoms with Crippen molar-refractivity contribution in [1.29, 1.82) is 0 Å². The predicted molar refractivity (Wildman–Crippen MR) is 46.3 cm³/mol. The molecule has 60 valence electrons. The van der Waals surface area contributed by atoms with Crippen molar-refractivity contribution in [2.75, 3.05) is 6.54 Å². The third kappa shape index (κ3) is 1.07. The van der Waals surface area contributed by atoms with Crippen LogP contribution in [0.2, 0.25) is 0 Å². The maximum atomic E-state index is 10.9. The Morgan fingerprint density at radius 1 is 1.82 bits per heavy atom. The highest BCUT2D eigenvalue weighted by Crippen LogP contribution is 2.40. The van der Waals surface area contributed by atoms with E-state index in [-0.39, 0.29) is 0 Å².